The molecule has 7 aromatic carbocycles. The molecular weight excluding hydrogens is 621 g/mol. The lowest BCUT2D eigenvalue weighted by atomic mass is 9.66. The molecule has 0 bridgehead atoms. The molecule has 1 aliphatic heterocycles. The monoisotopic (exact) mass is 650 g/mol. The number of nitrogens with zero attached hydrogens (tertiary/aromatic N) is 2. The van der Waals surface area contributed by atoms with Crippen molar-refractivity contribution in [1.82, 2.24) is 9.55 Å². The number of para-hydroxylation sites is 2. The Morgan fingerprint density at radius 2 is 1.08 bits per heavy atom. The Bertz CT molecular complexity index is 2780. The summed E-state index contributed by atoms with van der Waals surface area (Å²) >= 11 is 0. The first kappa shape index (κ1) is 28.2. The van der Waals surface area contributed by atoms with Crippen molar-refractivity contribution in [3.63, 3.8) is 0 Å². The molecule has 2 aliphatic rings. The zero-order valence-electron chi connectivity index (χ0n) is 27.6. The second kappa shape index (κ2) is 10.6. The van der Waals surface area contributed by atoms with Crippen LogP contribution in [0.5, 0.6) is 11.5 Å². The number of aromatic nitrogens is 2. The molecule has 0 saturated heterocycles. The van der Waals surface area contributed by atoms with Gasteiger partial charge in [-0.1, -0.05) is 133 Å². The lowest BCUT2D eigenvalue weighted by Crippen LogP contribution is -2.32. The second-order valence-corrected chi connectivity index (χ2v) is 13.5. The zero-order valence-corrected chi connectivity index (χ0v) is 27.6. The lowest BCUT2D eigenvalue weighted by Gasteiger charge is -2.39. The van der Waals surface area contributed by atoms with E-state index in [1.165, 1.54) is 49.9 Å². The van der Waals surface area contributed by atoms with Gasteiger partial charge in [0.25, 0.3) is 0 Å². The van der Waals surface area contributed by atoms with Crippen LogP contribution in [0.1, 0.15) is 22.3 Å². The third-order valence-electron chi connectivity index (χ3n) is 10.9. The summed E-state index contributed by atoms with van der Waals surface area (Å²) in [6, 6.07) is 63.2. The maximum Gasteiger partial charge on any atom is 0.132 e. The van der Waals surface area contributed by atoms with E-state index in [0.717, 1.165) is 44.9 Å². The molecule has 0 unspecified atom stereocenters. The normalized spacial score (nSPS) is 13.4. The standard InChI is InChI=1S/C48H30N2O/c1-2-12-31(13-3-1)32-23-25-33(26-24-32)34-14-10-15-35(30-34)50-41-28-27-40-45(46(41)47-42(50)20-11-29-49-47)36-16-4-5-17-37(36)48(40)38-18-6-8-21-43(38)51-44-22-9-7-19-39(44)48/h1-30H. The van der Waals surface area contributed by atoms with E-state index in [4.69, 9.17) is 9.72 Å². The van der Waals surface area contributed by atoms with Gasteiger partial charge in [-0.2, -0.15) is 0 Å². The topological polar surface area (TPSA) is 27.1 Å². The molecule has 0 atom stereocenters. The molecule has 2 aromatic heterocycles. The SMILES string of the molecule is c1ccc(-c2ccc(-c3cccc(-n4c5cccnc5c5c6c(ccc54)C4(c5ccccc5Oc5ccccc54)c4ccccc4-6)c3)cc2)cc1. The molecule has 11 rings (SSSR count). The van der Waals surface area contributed by atoms with E-state index in [9.17, 15) is 0 Å². The predicted molar refractivity (Wildman–Crippen MR) is 207 cm³/mol. The minimum atomic E-state index is -0.527. The van der Waals surface area contributed by atoms with Gasteiger partial charge in [-0.25, -0.2) is 0 Å². The third-order valence-corrected chi connectivity index (χ3v) is 10.9. The first-order valence-corrected chi connectivity index (χ1v) is 17.5. The largest absolute Gasteiger partial charge is 0.457 e. The van der Waals surface area contributed by atoms with Gasteiger partial charge in [0.2, 0.25) is 0 Å². The van der Waals surface area contributed by atoms with Gasteiger partial charge in [0, 0.05) is 28.4 Å². The highest BCUT2D eigenvalue weighted by Crippen LogP contribution is 2.63. The highest BCUT2D eigenvalue weighted by atomic mass is 16.5. The summed E-state index contributed by atoms with van der Waals surface area (Å²) in [6.07, 6.45) is 1.92. The van der Waals surface area contributed by atoms with Gasteiger partial charge in [-0.05, 0) is 87.0 Å². The molecule has 238 valence electrons. The van der Waals surface area contributed by atoms with Crippen LogP contribution in [0.2, 0.25) is 0 Å². The Morgan fingerprint density at radius 3 is 1.84 bits per heavy atom. The Kier molecular flexibility index (Phi) is 5.88. The van der Waals surface area contributed by atoms with Crippen LogP contribution >= 0.6 is 0 Å². The number of ether oxygens (including phenoxy) is 1. The fraction of sp³-hybridized carbons (Fsp3) is 0.0208. The molecule has 1 aliphatic carbocycles. The number of fused-ring (bicyclic) bond motifs is 13. The van der Waals surface area contributed by atoms with Crippen LogP contribution in [0.4, 0.5) is 0 Å². The van der Waals surface area contributed by atoms with Crippen molar-refractivity contribution in [3.8, 4) is 50.6 Å². The summed E-state index contributed by atoms with van der Waals surface area (Å²) in [5, 5.41) is 1.17. The fourth-order valence-electron chi connectivity index (χ4n) is 8.85. The maximum atomic E-state index is 6.57. The third kappa shape index (κ3) is 3.86. The summed E-state index contributed by atoms with van der Waals surface area (Å²) < 4.78 is 8.96. The quantitative estimate of drug-likeness (QED) is 0.190. The smallest absolute Gasteiger partial charge is 0.132 e. The van der Waals surface area contributed by atoms with Crippen molar-refractivity contribution in [3.05, 3.63) is 204 Å². The van der Waals surface area contributed by atoms with Gasteiger partial charge in [0.1, 0.15) is 11.5 Å². The van der Waals surface area contributed by atoms with E-state index in [2.05, 4.69) is 174 Å². The number of hydrogen-bond donors (Lipinski definition) is 0. The molecule has 0 fully saturated rings. The van der Waals surface area contributed by atoms with E-state index < -0.39 is 5.41 Å². The van der Waals surface area contributed by atoms with E-state index in [0.29, 0.717) is 0 Å². The van der Waals surface area contributed by atoms with Gasteiger partial charge < -0.3 is 9.30 Å². The van der Waals surface area contributed by atoms with Crippen molar-refractivity contribution < 1.29 is 4.74 Å². The molecule has 0 saturated carbocycles. The molecular formula is C48H30N2O. The predicted octanol–water partition coefficient (Wildman–Crippen LogP) is 12.0. The molecule has 3 heteroatoms. The van der Waals surface area contributed by atoms with Crippen LogP contribution in [0, 0.1) is 0 Å². The first-order chi connectivity index (χ1) is 25.3. The van der Waals surface area contributed by atoms with E-state index >= 15 is 0 Å². The molecule has 0 N–H and O–H groups in total. The van der Waals surface area contributed by atoms with Crippen molar-refractivity contribution in [1.29, 1.82) is 0 Å². The summed E-state index contributed by atoms with van der Waals surface area (Å²) in [7, 11) is 0. The Morgan fingerprint density at radius 1 is 0.451 bits per heavy atom. The average Bonchev–Trinajstić information content (AvgIpc) is 3.69. The van der Waals surface area contributed by atoms with Gasteiger partial charge in [-0.3, -0.25) is 4.98 Å². The average molecular weight is 651 g/mol. The molecule has 1 spiro atoms. The first-order valence-electron chi connectivity index (χ1n) is 17.5. The van der Waals surface area contributed by atoms with Crippen molar-refractivity contribution >= 4 is 21.9 Å². The number of rotatable bonds is 3. The van der Waals surface area contributed by atoms with Crippen LogP contribution in [0.15, 0.2) is 182 Å². The summed E-state index contributed by atoms with van der Waals surface area (Å²) in [5.41, 5.74) is 15.9. The lowest BCUT2D eigenvalue weighted by molar-refractivity contribution is 0.436. The molecule has 0 radical (unpaired) electrons. The van der Waals surface area contributed by atoms with Gasteiger partial charge in [0.15, 0.2) is 0 Å². The molecule has 0 amide bonds. The van der Waals surface area contributed by atoms with Crippen LogP contribution in [0.3, 0.4) is 0 Å². The summed E-state index contributed by atoms with van der Waals surface area (Å²) in [5.74, 6) is 1.79. The van der Waals surface area contributed by atoms with Crippen molar-refractivity contribution in [2.24, 2.45) is 0 Å². The van der Waals surface area contributed by atoms with Gasteiger partial charge in [0.05, 0.1) is 22.0 Å². The Balaban J connectivity index is 1.16. The highest BCUT2D eigenvalue weighted by molar-refractivity contribution is 6.17. The molecule has 3 nitrogen and oxygen atoms in total. The molecule has 51 heavy (non-hydrogen) atoms. The number of hydrogen-bond acceptors (Lipinski definition) is 2. The van der Waals surface area contributed by atoms with E-state index in [-0.39, 0.29) is 0 Å². The van der Waals surface area contributed by atoms with E-state index in [1.54, 1.807) is 0 Å². The van der Waals surface area contributed by atoms with Crippen LogP contribution < -0.4 is 4.74 Å². The Labute approximate surface area is 295 Å². The zero-order chi connectivity index (χ0) is 33.5. The van der Waals surface area contributed by atoms with Crippen LogP contribution in [0.25, 0.3) is 61.0 Å². The highest BCUT2D eigenvalue weighted by Gasteiger charge is 2.51. The number of benzene rings is 7. The minimum absolute atomic E-state index is 0.527. The Hall–Kier alpha value is -6.71. The van der Waals surface area contributed by atoms with Crippen molar-refractivity contribution in [2.75, 3.05) is 0 Å². The molecule has 3 heterocycles. The fourth-order valence-corrected chi connectivity index (χ4v) is 8.85. The summed E-state index contributed by atoms with van der Waals surface area (Å²) in [4.78, 5) is 5.10. The van der Waals surface area contributed by atoms with E-state index in [1.807, 2.05) is 12.3 Å². The maximum absolute atomic E-state index is 6.57. The van der Waals surface area contributed by atoms with Gasteiger partial charge >= 0.3 is 0 Å². The van der Waals surface area contributed by atoms with Crippen LogP contribution in [-0.2, 0) is 5.41 Å². The van der Waals surface area contributed by atoms with Crippen LogP contribution in [-0.4, -0.2) is 9.55 Å². The van der Waals surface area contributed by atoms with Gasteiger partial charge in [-0.15, -0.1) is 0 Å². The summed E-state index contributed by atoms with van der Waals surface area (Å²) in [6.45, 7) is 0. The van der Waals surface area contributed by atoms with Crippen molar-refractivity contribution in [2.45, 2.75) is 5.41 Å². The minimum Gasteiger partial charge on any atom is -0.457 e. The number of pyridine rings is 1. The second-order valence-electron chi connectivity index (χ2n) is 13.5. The molecule has 9 aromatic rings.